The highest BCUT2D eigenvalue weighted by atomic mass is 32.2. The van der Waals surface area contributed by atoms with Crippen molar-refractivity contribution in [2.24, 2.45) is 0 Å². The summed E-state index contributed by atoms with van der Waals surface area (Å²) in [4.78, 5) is 2.85. The van der Waals surface area contributed by atoms with Crippen LogP contribution in [0.5, 0.6) is 0 Å². The SMILES string of the molecule is O=S(=O)(c1ccc2c(c1)NCC2)N1CCN(C2CC2)CC1. The van der Waals surface area contributed by atoms with E-state index < -0.39 is 10.0 Å². The number of hydrogen-bond acceptors (Lipinski definition) is 4. The maximum atomic E-state index is 12.8. The Morgan fingerprint density at radius 3 is 2.57 bits per heavy atom. The number of hydrogen-bond donors (Lipinski definition) is 1. The Labute approximate surface area is 126 Å². The standard InChI is InChI=1S/C15H21N3O2S/c19-21(20,14-4-1-12-5-6-16-15(12)11-14)18-9-7-17(8-10-18)13-2-3-13/h1,4,11,13,16H,2-3,5-10H2. The normalized spacial score (nSPS) is 23.8. The van der Waals surface area contributed by atoms with E-state index in [1.807, 2.05) is 6.07 Å². The van der Waals surface area contributed by atoms with Gasteiger partial charge in [0.15, 0.2) is 0 Å². The highest BCUT2D eigenvalue weighted by molar-refractivity contribution is 7.89. The van der Waals surface area contributed by atoms with Crippen LogP contribution in [0.4, 0.5) is 5.69 Å². The molecule has 0 radical (unpaired) electrons. The minimum Gasteiger partial charge on any atom is -0.384 e. The zero-order chi connectivity index (χ0) is 14.4. The molecule has 1 aliphatic carbocycles. The Kier molecular flexibility index (Phi) is 3.20. The van der Waals surface area contributed by atoms with Crippen LogP contribution < -0.4 is 5.32 Å². The molecule has 1 aromatic rings. The molecule has 21 heavy (non-hydrogen) atoms. The van der Waals surface area contributed by atoms with E-state index in [1.54, 1.807) is 16.4 Å². The molecule has 1 saturated carbocycles. The molecule has 2 heterocycles. The predicted octanol–water partition coefficient (Wildman–Crippen LogP) is 1.12. The molecular weight excluding hydrogens is 286 g/mol. The first-order valence-corrected chi connectivity index (χ1v) is 9.19. The van der Waals surface area contributed by atoms with Crippen molar-refractivity contribution in [2.75, 3.05) is 38.0 Å². The van der Waals surface area contributed by atoms with Crippen LogP contribution >= 0.6 is 0 Å². The number of sulfonamides is 1. The number of piperazine rings is 1. The third-order valence-corrected chi connectivity index (χ3v) is 6.66. The summed E-state index contributed by atoms with van der Waals surface area (Å²) in [7, 11) is -3.35. The van der Waals surface area contributed by atoms with Gasteiger partial charge in [0.05, 0.1) is 4.90 Å². The second kappa shape index (κ2) is 4.97. The van der Waals surface area contributed by atoms with Crippen molar-refractivity contribution in [3.8, 4) is 0 Å². The second-order valence-corrected chi connectivity index (χ2v) is 8.10. The maximum absolute atomic E-state index is 12.8. The highest BCUT2D eigenvalue weighted by Crippen LogP contribution is 2.30. The van der Waals surface area contributed by atoms with E-state index in [4.69, 9.17) is 0 Å². The Hall–Kier alpha value is -1.11. The largest absolute Gasteiger partial charge is 0.384 e. The van der Waals surface area contributed by atoms with Crippen LogP contribution in [0.1, 0.15) is 18.4 Å². The van der Waals surface area contributed by atoms with Gasteiger partial charge in [0.1, 0.15) is 0 Å². The van der Waals surface area contributed by atoms with Crippen molar-refractivity contribution in [2.45, 2.75) is 30.2 Å². The minimum atomic E-state index is -3.35. The molecule has 1 N–H and O–H groups in total. The van der Waals surface area contributed by atoms with Crippen LogP contribution in [-0.4, -0.2) is 56.4 Å². The molecule has 2 aliphatic heterocycles. The molecule has 0 amide bonds. The lowest BCUT2D eigenvalue weighted by Crippen LogP contribution is -2.49. The van der Waals surface area contributed by atoms with Gasteiger partial charge in [-0.3, -0.25) is 4.90 Å². The number of nitrogens with one attached hydrogen (secondary N) is 1. The number of nitrogens with zero attached hydrogens (tertiary/aromatic N) is 2. The van der Waals surface area contributed by atoms with E-state index in [2.05, 4.69) is 10.2 Å². The first kappa shape index (κ1) is 13.5. The average Bonchev–Trinajstić information content (AvgIpc) is 3.24. The van der Waals surface area contributed by atoms with E-state index in [0.29, 0.717) is 18.0 Å². The lowest BCUT2D eigenvalue weighted by molar-refractivity contribution is 0.180. The molecule has 114 valence electrons. The minimum absolute atomic E-state index is 0.426. The molecule has 0 atom stereocenters. The van der Waals surface area contributed by atoms with Gasteiger partial charge in [-0.2, -0.15) is 4.31 Å². The maximum Gasteiger partial charge on any atom is 0.243 e. The van der Waals surface area contributed by atoms with Gasteiger partial charge in [0.2, 0.25) is 10.0 Å². The summed E-state index contributed by atoms with van der Waals surface area (Å²) in [5, 5.41) is 3.25. The smallest absolute Gasteiger partial charge is 0.243 e. The van der Waals surface area contributed by atoms with Gasteiger partial charge in [-0.15, -0.1) is 0 Å². The molecule has 0 aromatic heterocycles. The van der Waals surface area contributed by atoms with Crippen molar-refractivity contribution >= 4 is 15.7 Å². The van der Waals surface area contributed by atoms with Crippen molar-refractivity contribution in [3.63, 3.8) is 0 Å². The van der Waals surface area contributed by atoms with Crippen molar-refractivity contribution < 1.29 is 8.42 Å². The number of rotatable bonds is 3. The number of fused-ring (bicyclic) bond motifs is 1. The Morgan fingerprint density at radius 1 is 1.10 bits per heavy atom. The summed E-state index contributed by atoms with van der Waals surface area (Å²) in [5.41, 5.74) is 2.19. The third kappa shape index (κ3) is 2.45. The lowest BCUT2D eigenvalue weighted by atomic mass is 10.2. The van der Waals surface area contributed by atoms with E-state index in [9.17, 15) is 8.42 Å². The van der Waals surface area contributed by atoms with Crippen LogP contribution in [0.3, 0.4) is 0 Å². The quantitative estimate of drug-likeness (QED) is 0.909. The van der Waals surface area contributed by atoms with Gasteiger partial charge in [0.25, 0.3) is 0 Å². The predicted molar refractivity (Wildman–Crippen MR) is 82.0 cm³/mol. The lowest BCUT2D eigenvalue weighted by Gasteiger charge is -2.34. The van der Waals surface area contributed by atoms with Crippen molar-refractivity contribution in [1.82, 2.24) is 9.21 Å². The van der Waals surface area contributed by atoms with Gasteiger partial charge in [0, 0.05) is 44.5 Å². The summed E-state index contributed by atoms with van der Waals surface area (Å²) in [6, 6.07) is 6.22. The van der Waals surface area contributed by atoms with Crippen LogP contribution in [-0.2, 0) is 16.4 Å². The molecule has 0 spiro atoms. The fourth-order valence-corrected chi connectivity index (χ4v) is 4.78. The monoisotopic (exact) mass is 307 g/mol. The van der Waals surface area contributed by atoms with Gasteiger partial charge in [-0.1, -0.05) is 6.07 Å². The molecule has 1 aromatic carbocycles. The van der Waals surface area contributed by atoms with Gasteiger partial charge < -0.3 is 5.32 Å². The topological polar surface area (TPSA) is 52.7 Å². The molecular formula is C15H21N3O2S. The number of benzene rings is 1. The van der Waals surface area contributed by atoms with Crippen LogP contribution in [0.2, 0.25) is 0 Å². The average molecular weight is 307 g/mol. The zero-order valence-electron chi connectivity index (χ0n) is 12.1. The summed E-state index contributed by atoms with van der Waals surface area (Å²) >= 11 is 0. The fraction of sp³-hybridized carbons (Fsp3) is 0.600. The molecule has 6 heteroatoms. The summed E-state index contributed by atoms with van der Waals surface area (Å²) in [6.45, 7) is 3.87. The van der Waals surface area contributed by atoms with Crippen LogP contribution in [0.15, 0.2) is 23.1 Å². The first-order valence-electron chi connectivity index (χ1n) is 7.75. The van der Waals surface area contributed by atoms with E-state index in [1.165, 1.54) is 18.4 Å². The Bertz CT molecular complexity index is 647. The zero-order valence-corrected chi connectivity index (χ0v) is 12.9. The number of anilines is 1. The fourth-order valence-electron chi connectivity index (χ4n) is 3.33. The van der Waals surface area contributed by atoms with Gasteiger partial charge >= 0.3 is 0 Å². The summed E-state index contributed by atoms with van der Waals surface area (Å²) < 4.78 is 27.2. The molecule has 2 fully saturated rings. The van der Waals surface area contributed by atoms with Gasteiger partial charge in [-0.05, 0) is 37.0 Å². The van der Waals surface area contributed by atoms with Crippen molar-refractivity contribution in [1.29, 1.82) is 0 Å². The molecule has 0 unspecified atom stereocenters. The molecule has 5 nitrogen and oxygen atoms in total. The van der Waals surface area contributed by atoms with Crippen molar-refractivity contribution in [3.05, 3.63) is 23.8 Å². The molecule has 4 rings (SSSR count). The molecule has 0 bridgehead atoms. The van der Waals surface area contributed by atoms with E-state index in [0.717, 1.165) is 37.8 Å². The Balaban J connectivity index is 1.53. The Morgan fingerprint density at radius 2 is 1.86 bits per heavy atom. The molecule has 1 saturated heterocycles. The summed E-state index contributed by atoms with van der Waals surface area (Å²) in [6.07, 6.45) is 3.54. The van der Waals surface area contributed by atoms with Gasteiger partial charge in [-0.25, -0.2) is 8.42 Å². The highest BCUT2D eigenvalue weighted by Gasteiger charge is 2.35. The second-order valence-electron chi connectivity index (χ2n) is 6.17. The van der Waals surface area contributed by atoms with E-state index >= 15 is 0 Å². The molecule has 3 aliphatic rings. The van der Waals surface area contributed by atoms with Crippen LogP contribution in [0.25, 0.3) is 0 Å². The van der Waals surface area contributed by atoms with E-state index in [-0.39, 0.29) is 0 Å². The van der Waals surface area contributed by atoms with Crippen LogP contribution in [0, 0.1) is 0 Å². The summed E-state index contributed by atoms with van der Waals surface area (Å²) in [5.74, 6) is 0. The third-order valence-electron chi connectivity index (χ3n) is 4.77. The first-order chi connectivity index (χ1) is 10.1.